The number of rotatable bonds is 9. The number of benzene rings is 3. The fourth-order valence-electron chi connectivity index (χ4n) is 2.51. The molecule has 0 spiro atoms. The summed E-state index contributed by atoms with van der Waals surface area (Å²) in [5.74, 6) is 0.132. The molecule has 9 heteroatoms. The highest BCUT2D eigenvalue weighted by Crippen LogP contribution is 2.25. The maximum atomic E-state index is 11.8. The van der Waals surface area contributed by atoms with E-state index in [9.17, 15) is 14.9 Å². The molecule has 3 aromatic carbocycles. The van der Waals surface area contributed by atoms with Crippen LogP contribution in [0.25, 0.3) is 0 Å². The Morgan fingerprint density at radius 3 is 2.48 bits per heavy atom. The number of carbonyl (C=O) groups is 1. The fourth-order valence-corrected chi connectivity index (χ4v) is 2.70. The number of halogens is 1. The molecule has 0 fully saturated rings. The van der Waals surface area contributed by atoms with Gasteiger partial charge >= 0.3 is 5.69 Å². The third-order valence-electron chi connectivity index (χ3n) is 4.06. The third-order valence-corrected chi connectivity index (χ3v) is 4.42. The van der Waals surface area contributed by atoms with Crippen LogP contribution in [0.3, 0.4) is 0 Å². The zero-order valence-corrected chi connectivity index (χ0v) is 17.0. The zero-order valence-electron chi connectivity index (χ0n) is 16.2. The van der Waals surface area contributed by atoms with Crippen LogP contribution < -0.4 is 14.9 Å². The highest BCUT2D eigenvalue weighted by molar-refractivity contribution is 6.31. The number of amides is 1. The molecule has 8 nitrogen and oxygen atoms in total. The van der Waals surface area contributed by atoms with Crippen molar-refractivity contribution in [3.05, 3.63) is 99.1 Å². The van der Waals surface area contributed by atoms with Crippen LogP contribution in [-0.4, -0.2) is 23.7 Å². The van der Waals surface area contributed by atoms with Gasteiger partial charge in [-0.1, -0.05) is 41.9 Å². The van der Waals surface area contributed by atoms with Crippen LogP contribution in [0.5, 0.6) is 11.5 Å². The molecule has 0 radical (unpaired) electrons. The lowest BCUT2D eigenvalue weighted by molar-refractivity contribution is -0.385. The molecule has 31 heavy (non-hydrogen) atoms. The van der Waals surface area contributed by atoms with Gasteiger partial charge < -0.3 is 9.47 Å². The molecule has 0 saturated heterocycles. The summed E-state index contributed by atoms with van der Waals surface area (Å²) in [6.45, 7) is -0.0558. The Morgan fingerprint density at radius 1 is 1.03 bits per heavy atom. The minimum absolute atomic E-state index is 0.0130. The van der Waals surface area contributed by atoms with Crippen molar-refractivity contribution in [3.8, 4) is 11.5 Å². The van der Waals surface area contributed by atoms with Crippen molar-refractivity contribution in [1.82, 2.24) is 5.43 Å². The monoisotopic (exact) mass is 439 g/mol. The van der Waals surface area contributed by atoms with Gasteiger partial charge in [0.25, 0.3) is 5.91 Å². The van der Waals surface area contributed by atoms with Crippen molar-refractivity contribution in [3.63, 3.8) is 0 Å². The van der Waals surface area contributed by atoms with Gasteiger partial charge in [-0.2, -0.15) is 5.10 Å². The van der Waals surface area contributed by atoms with Crippen LogP contribution in [0.15, 0.2) is 77.9 Å². The molecule has 158 valence electrons. The van der Waals surface area contributed by atoms with Crippen LogP contribution in [0.4, 0.5) is 5.69 Å². The molecule has 0 saturated carbocycles. The Hall–Kier alpha value is -3.91. The third kappa shape index (κ3) is 6.55. The molecule has 1 N–H and O–H groups in total. The van der Waals surface area contributed by atoms with Crippen LogP contribution in [-0.2, 0) is 11.4 Å². The minimum atomic E-state index is -0.576. The molecular weight excluding hydrogens is 422 g/mol. The second kappa shape index (κ2) is 10.7. The first-order valence-electron chi connectivity index (χ1n) is 9.17. The predicted octanol–water partition coefficient (Wildman–Crippen LogP) is 4.36. The van der Waals surface area contributed by atoms with Gasteiger partial charge in [0.15, 0.2) is 12.4 Å². The van der Waals surface area contributed by atoms with E-state index in [-0.39, 0.29) is 11.4 Å². The van der Waals surface area contributed by atoms with E-state index in [1.54, 1.807) is 36.4 Å². The van der Waals surface area contributed by atoms with Crippen LogP contribution >= 0.6 is 11.6 Å². The van der Waals surface area contributed by atoms with Crippen molar-refractivity contribution < 1.29 is 19.2 Å². The molecule has 3 aromatic rings. The molecule has 0 heterocycles. The zero-order chi connectivity index (χ0) is 22.1. The molecule has 0 aliphatic rings. The van der Waals surface area contributed by atoms with E-state index in [0.29, 0.717) is 17.4 Å². The van der Waals surface area contributed by atoms with Crippen LogP contribution in [0, 0.1) is 10.1 Å². The van der Waals surface area contributed by atoms with Gasteiger partial charge in [0.2, 0.25) is 0 Å². The summed E-state index contributed by atoms with van der Waals surface area (Å²) in [4.78, 5) is 22.2. The number of nitrogens with zero attached hydrogens (tertiary/aromatic N) is 2. The summed E-state index contributed by atoms with van der Waals surface area (Å²) in [7, 11) is 0. The molecule has 1 amide bonds. The number of hydrogen-bond donors (Lipinski definition) is 1. The number of para-hydroxylation sites is 2. The number of hydrazone groups is 1. The van der Waals surface area contributed by atoms with Gasteiger partial charge in [0.05, 0.1) is 11.1 Å². The number of nitro groups is 1. The Labute approximate surface area is 183 Å². The van der Waals surface area contributed by atoms with E-state index in [0.717, 1.165) is 11.1 Å². The Kier molecular flexibility index (Phi) is 7.56. The van der Waals surface area contributed by atoms with Crippen molar-refractivity contribution >= 4 is 29.4 Å². The Balaban J connectivity index is 1.46. The summed E-state index contributed by atoms with van der Waals surface area (Å²) in [5.41, 5.74) is 3.73. The van der Waals surface area contributed by atoms with Gasteiger partial charge in [-0.15, -0.1) is 0 Å². The maximum absolute atomic E-state index is 11.8. The Morgan fingerprint density at radius 2 is 1.74 bits per heavy atom. The molecular formula is C22H18ClN3O5. The summed E-state index contributed by atoms with van der Waals surface area (Å²) >= 11 is 6.11. The summed E-state index contributed by atoms with van der Waals surface area (Å²) < 4.78 is 10.9. The van der Waals surface area contributed by atoms with Gasteiger partial charge in [0.1, 0.15) is 12.4 Å². The highest BCUT2D eigenvalue weighted by Gasteiger charge is 2.14. The smallest absolute Gasteiger partial charge is 0.310 e. The van der Waals surface area contributed by atoms with E-state index < -0.39 is 17.4 Å². The van der Waals surface area contributed by atoms with Crippen molar-refractivity contribution in [2.75, 3.05) is 6.61 Å². The first-order chi connectivity index (χ1) is 15.0. The summed E-state index contributed by atoms with van der Waals surface area (Å²) in [5, 5.41) is 15.4. The fraction of sp³-hybridized carbons (Fsp3) is 0.0909. The summed E-state index contributed by atoms with van der Waals surface area (Å²) in [6.07, 6.45) is 1.46. The minimum Gasteiger partial charge on any atom is -0.489 e. The van der Waals surface area contributed by atoms with E-state index in [1.165, 1.54) is 24.4 Å². The van der Waals surface area contributed by atoms with Crippen molar-refractivity contribution in [1.29, 1.82) is 0 Å². The molecule has 0 bridgehead atoms. The standard InChI is InChI=1S/C22H18ClN3O5/c23-19-6-2-1-5-17(19)14-30-18-11-9-16(10-12-18)13-24-25-22(27)15-31-21-8-4-3-7-20(21)26(28)29/h1-13H,14-15H2,(H,25,27)/b24-13-. The normalized spacial score (nSPS) is 10.6. The Bertz CT molecular complexity index is 1090. The lowest BCUT2D eigenvalue weighted by Crippen LogP contribution is -2.24. The van der Waals surface area contributed by atoms with Gasteiger partial charge in [0, 0.05) is 16.7 Å². The van der Waals surface area contributed by atoms with E-state index in [1.807, 2.05) is 18.2 Å². The molecule has 0 atom stereocenters. The van der Waals surface area contributed by atoms with Gasteiger partial charge in [-0.25, -0.2) is 5.43 Å². The van der Waals surface area contributed by atoms with Crippen LogP contribution in [0.2, 0.25) is 5.02 Å². The SMILES string of the molecule is O=C(COc1ccccc1[N+](=O)[O-])N/N=C\c1ccc(OCc2ccccc2Cl)cc1. The van der Waals surface area contributed by atoms with Gasteiger partial charge in [-0.05, 0) is 42.0 Å². The quantitative estimate of drug-likeness (QED) is 0.303. The number of nitro benzene ring substituents is 1. The molecule has 0 unspecified atom stereocenters. The number of hydrogen-bond acceptors (Lipinski definition) is 6. The average molecular weight is 440 g/mol. The second-order valence-electron chi connectivity index (χ2n) is 6.26. The second-order valence-corrected chi connectivity index (χ2v) is 6.66. The maximum Gasteiger partial charge on any atom is 0.310 e. The topological polar surface area (TPSA) is 103 Å². The summed E-state index contributed by atoms with van der Waals surface area (Å²) in [6, 6.07) is 20.4. The number of carbonyl (C=O) groups excluding carboxylic acids is 1. The molecule has 0 aliphatic carbocycles. The lowest BCUT2D eigenvalue weighted by atomic mass is 10.2. The highest BCUT2D eigenvalue weighted by atomic mass is 35.5. The molecule has 0 aromatic heterocycles. The average Bonchev–Trinajstić information content (AvgIpc) is 2.78. The molecule has 0 aliphatic heterocycles. The van der Waals surface area contributed by atoms with Crippen molar-refractivity contribution in [2.24, 2.45) is 5.10 Å². The number of nitrogens with one attached hydrogen (secondary N) is 1. The van der Waals surface area contributed by atoms with Gasteiger partial charge in [-0.3, -0.25) is 14.9 Å². The van der Waals surface area contributed by atoms with Crippen molar-refractivity contribution in [2.45, 2.75) is 6.61 Å². The van der Waals surface area contributed by atoms with E-state index in [4.69, 9.17) is 21.1 Å². The predicted molar refractivity (Wildman–Crippen MR) is 117 cm³/mol. The number of ether oxygens (including phenoxy) is 2. The first kappa shape index (κ1) is 21.8. The van der Waals surface area contributed by atoms with E-state index >= 15 is 0 Å². The molecule has 3 rings (SSSR count). The largest absolute Gasteiger partial charge is 0.489 e. The van der Waals surface area contributed by atoms with Crippen LogP contribution in [0.1, 0.15) is 11.1 Å². The first-order valence-corrected chi connectivity index (χ1v) is 9.55. The lowest BCUT2D eigenvalue weighted by Gasteiger charge is -2.07. The van der Waals surface area contributed by atoms with E-state index in [2.05, 4.69) is 10.5 Å².